The third-order valence-electron chi connectivity index (χ3n) is 2.47. The number of carbonyl (C=O) groups is 1. The van der Waals surface area contributed by atoms with Crippen LogP contribution in [0.25, 0.3) is 0 Å². The van der Waals surface area contributed by atoms with Gasteiger partial charge in [-0.05, 0) is 18.6 Å². The van der Waals surface area contributed by atoms with E-state index in [1.807, 2.05) is 6.07 Å². The molecule has 0 aliphatic carbocycles. The van der Waals surface area contributed by atoms with Crippen molar-refractivity contribution in [3.63, 3.8) is 0 Å². The molecule has 0 amide bonds. The van der Waals surface area contributed by atoms with Gasteiger partial charge in [0.1, 0.15) is 11.8 Å². The fourth-order valence-corrected chi connectivity index (χ4v) is 1.52. The number of ether oxygens (including phenoxy) is 1. The summed E-state index contributed by atoms with van der Waals surface area (Å²) < 4.78 is 5.16. The van der Waals surface area contributed by atoms with Crippen LogP contribution >= 0.6 is 0 Å². The quantitative estimate of drug-likeness (QED) is 0.428. The van der Waals surface area contributed by atoms with Crippen molar-refractivity contribution < 1.29 is 9.53 Å². The van der Waals surface area contributed by atoms with Crippen molar-refractivity contribution in [2.24, 2.45) is 0 Å². The molecule has 0 radical (unpaired) electrons. The molecule has 0 unspecified atom stereocenters. The fraction of sp³-hybridized carbons (Fsp3) is 0.429. The fourth-order valence-electron chi connectivity index (χ4n) is 1.52. The predicted molar refractivity (Wildman–Crippen MR) is 65.6 cm³/mol. The molecule has 0 fully saturated rings. The van der Waals surface area contributed by atoms with Gasteiger partial charge in [-0.1, -0.05) is 38.3 Å². The predicted octanol–water partition coefficient (Wildman–Crippen LogP) is 3.43. The SMILES string of the molecule is CCCCCCC(=O)Oc1ccccc1C#N. The lowest BCUT2D eigenvalue weighted by Crippen LogP contribution is -2.08. The molecular formula is C14H17NO2. The summed E-state index contributed by atoms with van der Waals surface area (Å²) in [7, 11) is 0. The van der Waals surface area contributed by atoms with E-state index in [1.54, 1.807) is 24.3 Å². The van der Waals surface area contributed by atoms with Crippen molar-refractivity contribution in [3.8, 4) is 11.8 Å². The van der Waals surface area contributed by atoms with Gasteiger partial charge in [0.2, 0.25) is 0 Å². The molecule has 0 N–H and O–H groups in total. The minimum Gasteiger partial charge on any atom is -0.425 e. The van der Waals surface area contributed by atoms with E-state index in [0.29, 0.717) is 17.7 Å². The van der Waals surface area contributed by atoms with Crippen LogP contribution in [0.5, 0.6) is 5.75 Å². The molecule has 0 spiro atoms. The van der Waals surface area contributed by atoms with Crippen molar-refractivity contribution in [1.29, 1.82) is 5.26 Å². The minimum absolute atomic E-state index is 0.260. The lowest BCUT2D eigenvalue weighted by molar-refractivity contribution is -0.134. The molecule has 17 heavy (non-hydrogen) atoms. The molecule has 0 saturated heterocycles. The zero-order valence-electron chi connectivity index (χ0n) is 10.1. The molecule has 90 valence electrons. The van der Waals surface area contributed by atoms with Gasteiger partial charge in [-0.2, -0.15) is 5.26 Å². The standard InChI is InChI=1S/C14H17NO2/c1-2-3-4-5-10-14(16)17-13-9-7-6-8-12(13)11-15/h6-9H,2-5,10H2,1H3. The first-order valence-electron chi connectivity index (χ1n) is 5.97. The Morgan fingerprint density at radius 3 is 2.76 bits per heavy atom. The van der Waals surface area contributed by atoms with Gasteiger partial charge in [-0.25, -0.2) is 0 Å². The lowest BCUT2D eigenvalue weighted by atomic mass is 10.1. The molecule has 0 atom stereocenters. The number of carbonyl (C=O) groups excluding carboxylic acids is 1. The van der Waals surface area contributed by atoms with Crippen molar-refractivity contribution in [3.05, 3.63) is 29.8 Å². The van der Waals surface area contributed by atoms with Gasteiger partial charge in [0.05, 0.1) is 5.56 Å². The number of nitrogens with zero attached hydrogens (tertiary/aromatic N) is 1. The summed E-state index contributed by atoms with van der Waals surface area (Å²) in [4.78, 5) is 11.5. The maximum Gasteiger partial charge on any atom is 0.311 e. The number of esters is 1. The van der Waals surface area contributed by atoms with Crippen LogP contribution in [-0.2, 0) is 4.79 Å². The smallest absolute Gasteiger partial charge is 0.311 e. The van der Waals surface area contributed by atoms with Crippen molar-refractivity contribution >= 4 is 5.97 Å². The van der Waals surface area contributed by atoms with Gasteiger partial charge in [0.25, 0.3) is 0 Å². The van der Waals surface area contributed by atoms with E-state index in [2.05, 4.69) is 6.92 Å². The third kappa shape index (κ3) is 4.69. The molecule has 1 rings (SSSR count). The first kappa shape index (κ1) is 13.2. The number of hydrogen-bond acceptors (Lipinski definition) is 3. The van der Waals surface area contributed by atoms with E-state index < -0.39 is 0 Å². The second-order valence-corrected chi connectivity index (χ2v) is 3.89. The maximum absolute atomic E-state index is 11.5. The third-order valence-corrected chi connectivity index (χ3v) is 2.47. The zero-order valence-corrected chi connectivity index (χ0v) is 10.1. The highest BCUT2D eigenvalue weighted by atomic mass is 16.5. The van der Waals surface area contributed by atoms with Crippen LogP contribution < -0.4 is 4.74 Å². The molecule has 1 aromatic rings. The van der Waals surface area contributed by atoms with Crippen LogP contribution in [0, 0.1) is 11.3 Å². The van der Waals surface area contributed by atoms with Gasteiger partial charge in [-0.15, -0.1) is 0 Å². The Hall–Kier alpha value is -1.82. The summed E-state index contributed by atoms with van der Waals surface area (Å²) in [5.74, 6) is 0.0966. The summed E-state index contributed by atoms with van der Waals surface area (Å²) in [5, 5.41) is 8.84. The normalized spacial score (nSPS) is 9.65. The Morgan fingerprint density at radius 1 is 1.29 bits per heavy atom. The van der Waals surface area contributed by atoms with E-state index in [4.69, 9.17) is 10.00 Å². The number of para-hydroxylation sites is 1. The zero-order chi connectivity index (χ0) is 12.5. The molecule has 0 saturated carbocycles. The van der Waals surface area contributed by atoms with E-state index >= 15 is 0 Å². The Morgan fingerprint density at radius 2 is 2.06 bits per heavy atom. The molecule has 0 aliphatic rings. The molecular weight excluding hydrogens is 214 g/mol. The Labute approximate surface area is 102 Å². The largest absolute Gasteiger partial charge is 0.425 e. The first-order valence-corrected chi connectivity index (χ1v) is 5.97. The van der Waals surface area contributed by atoms with Crippen molar-refractivity contribution in [1.82, 2.24) is 0 Å². The highest BCUT2D eigenvalue weighted by molar-refractivity contribution is 5.73. The molecule has 0 aliphatic heterocycles. The molecule has 0 bridgehead atoms. The second-order valence-electron chi connectivity index (χ2n) is 3.89. The van der Waals surface area contributed by atoms with Gasteiger partial charge in [-0.3, -0.25) is 4.79 Å². The summed E-state index contributed by atoms with van der Waals surface area (Å²) >= 11 is 0. The first-order chi connectivity index (χ1) is 8.27. The Kier molecular flexibility index (Phi) is 5.81. The number of hydrogen-bond donors (Lipinski definition) is 0. The van der Waals surface area contributed by atoms with Crippen LogP contribution in [-0.4, -0.2) is 5.97 Å². The second kappa shape index (κ2) is 7.45. The monoisotopic (exact) mass is 231 g/mol. The van der Waals surface area contributed by atoms with Crippen LogP contribution in [0.3, 0.4) is 0 Å². The number of rotatable bonds is 6. The highest BCUT2D eigenvalue weighted by Crippen LogP contribution is 2.17. The van der Waals surface area contributed by atoms with Gasteiger partial charge in [0.15, 0.2) is 0 Å². The van der Waals surface area contributed by atoms with E-state index in [-0.39, 0.29) is 5.97 Å². The average Bonchev–Trinajstić information content (AvgIpc) is 2.35. The lowest BCUT2D eigenvalue weighted by Gasteiger charge is -2.05. The molecule has 1 aromatic carbocycles. The summed E-state index contributed by atoms with van der Waals surface area (Å²) in [6, 6.07) is 8.78. The van der Waals surface area contributed by atoms with E-state index in [0.717, 1.165) is 25.7 Å². The van der Waals surface area contributed by atoms with Gasteiger partial charge in [0, 0.05) is 6.42 Å². The molecule has 3 nitrogen and oxygen atoms in total. The number of nitriles is 1. The minimum atomic E-state index is -0.260. The van der Waals surface area contributed by atoms with Crippen LogP contribution in [0.2, 0.25) is 0 Å². The highest BCUT2D eigenvalue weighted by Gasteiger charge is 2.07. The molecule has 3 heteroatoms. The summed E-state index contributed by atoms with van der Waals surface area (Å²) in [6.07, 6.45) is 4.60. The van der Waals surface area contributed by atoms with E-state index in [1.165, 1.54) is 0 Å². The topological polar surface area (TPSA) is 50.1 Å². The Bertz CT molecular complexity index is 407. The van der Waals surface area contributed by atoms with Crippen molar-refractivity contribution in [2.45, 2.75) is 39.0 Å². The van der Waals surface area contributed by atoms with Crippen molar-refractivity contribution in [2.75, 3.05) is 0 Å². The number of unbranched alkanes of at least 4 members (excludes halogenated alkanes) is 3. The van der Waals surface area contributed by atoms with Crippen LogP contribution in [0.4, 0.5) is 0 Å². The maximum atomic E-state index is 11.5. The summed E-state index contributed by atoms with van der Waals surface area (Å²) in [5.41, 5.74) is 0.398. The Balaban J connectivity index is 2.43. The molecule has 0 heterocycles. The van der Waals surface area contributed by atoms with Gasteiger partial charge >= 0.3 is 5.97 Å². The van der Waals surface area contributed by atoms with Gasteiger partial charge < -0.3 is 4.74 Å². The van der Waals surface area contributed by atoms with Crippen LogP contribution in [0.15, 0.2) is 24.3 Å². The van der Waals surface area contributed by atoms with E-state index in [9.17, 15) is 4.79 Å². The summed E-state index contributed by atoms with van der Waals surface area (Å²) in [6.45, 7) is 2.13. The molecule has 0 aromatic heterocycles. The number of benzene rings is 1. The average molecular weight is 231 g/mol. The van der Waals surface area contributed by atoms with Crippen LogP contribution in [0.1, 0.15) is 44.6 Å².